The van der Waals surface area contributed by atoms with Crippen molar-refractivity contribution in [1.29, 1.82) is 0 Å². The van der Waals surface area contributed by atoms with Gasteiger partial charge >= 0.3 is 6.18 Å². The summed E-state index contributed by atoms with van der Waals surface area (Å²) < 4.78 is 45.3. The molecule has 2 aromatic carbocycles. The summed E-state index contributed by atoms with van der Waals surface area (Å²) in [4.78, 5) is 28.5. The minimum absolute atomic E-state index is 0.00398. The van der Waals surface area contributed by atoms with E-state index in [1.165, 1.54) is 7.11 Å². The van der Waals surface area contributed by atoms with Gasteiger partial charge in [0.05, 0.1) is 34.8 Å². The maximum Gasteiger partial charge on any atom is 0.416 e. The third-order valence-corrected chi connectivity index (χ3v) is 5.74. The predicted molar refractivity (Wildman–Crippen MR) is 142 cm³/mol. The van der Waals surface area contributed by atoms with Crippen molar-refractivity contribution in [2.45, 2.75) is 6.18 Å². The van der Waals surface area contributed by atoms with E-state index < -0.39 is 17.6 Å². The number of ether oxygens (including phenoxy) is 1. The van der Waals surface area contributed by atoms with E-state index in [4.69, 9.17) is 16.3 Å². The molecule has 0 bridgehead atoms. The van der Waals surface area contributed by atoms with Crippen molar-refractivity contribution < 1.29 is 22.7 Å². The molecule has 38 heavy (non-hydrogen) atoms. The van der Waals surface area contributed by atoms with E-state index in [2.05, 4.69) is 32.2 Å². The molecule has 1 amide bonds. The molecule has 0 spiro atoms. The number of halogens is 4. The van der Waals surface area contributed by atoms with Crippen LogP contribution in [-0.4, -0.2) is 67.1 Å². The first-order valence-electron chi connectivity index (χ1n) is 11.3. The maximum absolute atomic E-state index is 13.2. The Kier molecular flexibility index (Phi) is 9.13. The smallest absolute Gasteiger partial charge is 0.416 e. The monoisotopic (exact) mass is 549 g/mol. The molecule has 0 unspecified atom stereocenters. The Morgan fingerprint density at radius 2 is 1.87 bits per heavy atom. The lowest BCUT2D eigenvalue weighted by Gasteiger charge is -2.26. The summed E-state index contributed by atoms with van der Waals surface area (Å²) >= 11 is 6.15. The summed E-state index contributed by atoms with van der Waals surface area (Å²) in [7, 11) is 7.27. The summed E-state index contributed by atoms with van der Waals surface area (Å²) in [5, 5.41) is 5.82. The Morgan fingerprint density at radius 1 is 1.13 bits per heavy atom. The van der Waals surface area contributed by atoms with Crippen molar-refractivity contribution in [1.82, 2.24) is 19.9 Å². The maximum atomic E-state index is 13.2. The van der Waals surface area contributed by atoms with Crippen LogP contribution in [0.3, 0.4) is 0 Å². The molecule has 9 nitrogen and oxygen atoms in total. The third kappa shape index (κ3) is 7.11. The third-order valence-electron chi connectivity index (χ3n) is 5.41. The van der Waals surface area contributed by atoms with Gasteiger partial charge in [0.1, 0.15) is 12.1 Å². The number of anilines is 4. The number of benzene rings is 2. The number of aromatic nitrogens is 3. The molecule has 0 fully saturated rings. The van der Waals surface area contributed by atoms with Gasteiger partial charge in [0.2, 0.25) is 11.9 Å². The van der Waals surface area contributed by atoms with Crippen LogP contribution in [-0.2, 0) is 11.0 Å². The van der Waals surface area contributed by atoms with Gasteiger partial charge in [0.15, 0.2) is 5.82 Å². The number of rotatable bonds is 10. The average molecular weight is 550 g/mol. The average Bonchev–Trinajstić information content (AvgIpc) is 2.87. The molecular formula is C25H27ClF3N7O2. The van der Waals surface area contributed by atoms with E-state index in [1.54, 1.807) is 12.1 Å². The van der Waals surface area contributed by atoms with Crippen LogP contribution < -0.4 is 20.3 Å². The minimum Gasteiger partial charge on any atom is -0.494 e. The van der Waals surface area contributed by atoms with E-state index in [-0.39, 0.29) is 22.4 Å². The van der Waals surface area contributed by atoms with E-state index >= 15 is 0 Å². The lowest BCUT2D eigenvalue weighted by Crippen LogP contribution is -2.29. The fourth-order valence-corrected chi connectivity index (χ4v) is 3.59. The Hall–Kier alpha value is -3.90. The normalized spacial score (nSPS) is 11.3. The van der Waals surface area contributed by atoms with Gasteiger partial charge in [-0.1, -0.05) is 18.2 Å². The lowest BCUT2D eigenvalue weighted by atomic mass is 10.1. The number of hydrogen-bond acceptors (Lipinski definition) is 8. The zero-order chi connectivity index (χ0) is 28.0. The predicted octanol–water partition coefficient (Wildman–Crippen LogP) is 5.09. The van der Waals surface area contributed by atoms with Gasteiger partial charge in [-0.15, -0.1) is 0 Å². The Bertz CT molecular complexity index is 1320. The van der Waals surface area contributed by atoms with Gasteiger partial charge in [0.25, 0.3) is 0 Å². The number of methoxy groups -OCH3 is 1. The van der Waals surface area contributed by atoms with Crippen molar-refractivity contribution in [2.24, 2.45) is 0 Å². The molecule has 0 atom stereocenters. The summed E-state index contributed by atoms with van der Waals surface area (Å²) in [6.07, 6.45) is -2.26. The second-order valence-corrected chi connectivity index (χ2v) is 8.85. The number of amides is 1. The molecular weight excluding hydrogens is 523 g/mol. The molecule has 0 aliphatic carbocycles. The van der Waals surface area contributed by atoms with Crippen LogP contribution in [0.4, 0.5) is 36.2 Å². The Morgan fingerprint density at radius 3 is 2.50 bits per heavy atom. The van der Waals surface area contributed by atoms with Crippen LogP contribution in [0.2, 0.25) is 5.02 Å². The first kappa shape index (κ1) is 28.7. The first-order chi connectivity index (χ1) is 17.9. The topological polar surface area (TPSA) is 95.5 Å². The largest absolute Gasteiger partial charge is 0.494 e. The van der Waals surface area contributed by atoms with Crippen molar-refractivity contribution in [3.63, 3.8) is 0 Å². The highest BCUT2D eigenvalue weighted by atomic mass is 35.5. The zero-order valence-corrected chi connectivity index (χ0v) is 22.0. The van der Waals surface area contributed by atoms with E-state index in [1.807, 2.05) is 30.9 Å². The van der Waals surface area contributed by atoms with Gasteiger partial charge in [0, 0.05) is 31.8 Å². The lowest BCUT2D eigenvalue weighted by molar-refractivity contribution is -0.137. The molecule has 3 rings (SSSR count). The fourth-order valence-electron chi connectivity index (χ4n) is 3.39. The van der Waals surface area contributed by atoms with Crippen molar-refractivity contribution in [2.75, 3.05) is 56.9 Å². The highest BCUT2D eigenvalue weighted by Gasteiger charge is 2.31. The van der Waals surface area contributed by atoms with Crippen LogP contribution in [0.25, 0.3) is 11.4 Å². The minimum atomic E-state index is -4.56. The molecule has 0 saturated heterocycles. The van der Waals surface area contributed by atoms with Gasteiger partial charge in [-0.05, 0) is 44.4 Å². The Balaban J connectivity index is 2.01. The molecule has 2 N–H and O–H groups in total. The molecule has 0 aliphatic heterocycles. The fraction of sp³-hybridized carbons (Fsp3) is 0.280. The highest BCUT2D eigenvalue weighted by Crippen LogP contribution is 2.38. The summed E-state index contributed by atoms with van der Waals surface area (Å²) in [6, 6.07) is 6.28. The number of likely N-dealkylation sites (N-methyl/N-ethyl adjacent to an activating group) is 2. The quantitative estimate of drug-likeness (QED) is 0.338. The molecule has 0 radical (unpaired) electrons. The summed E-state index contributed by atoms with van der Waals surface area (Å²) in [5.41, 5.74) is 0.663. The van der Waals surface area contributed by atoms with Crippen molar-refractivity contribution in [3.8, 4) is 17.1 Å². The van der Waals surface area contributed by atoms with Crippen molar-refractivity contribution >= 4 is 40.5 Å². The van der Waals surface area contributed by atoms with Crippen LogP contribution in [0, 0.1) is 0 Å². The Labute approximate surface area is 223 Å². The highest BCUT2D eigenvalue weighted by molar-refractivity contribution is 6.33. The molecule has 1 aromatic heterocycles. The molecule has 0 aliphatic rings. The SMILES string of the molecule is C=CC(=O)Nc1cc(Nc2ncnc(-c3cc(C(F)(F)F)ccc3Cl)n2)c(OC)cc1N(C)CCN(C)C. The molecule has 0 saturated carbocycles. The van der Waals surface area contributed by atoms with Gasteiger partial charge in [-0.2, -0.15) is 18.2 Å². The zero-order valence-electron chi connectivity index (χ0n) is 21.2. The number of carbonyl (C=O) groups excluding carboxylic acids is 1. The number of carbonyl (C=O) groups is 1. The van der Waals surface area contributed by atoms with Crippen LogP contribution in [0.15, 0.2) is 49.3 Å². The van der Waals surface area contributed by atoms with Gasteiger partial charge in [-0.3, -0.25) is 4.79 Å². The van der Waals surface area contributed by atoms with E-state index in [0.29, 0.717) is 29.4 Å². The van der Waals surface area contributed by atoms with Crippen LogP contribution in [0.1, 0.15) is 5.56 Å². The number of nitrogens with zero attached hydrogens (tertiary/aromatic N) is 5. The first-order valence-corrected chi connectivity index (χ1v) is 11.6. The molecule has 1 heterocycles. The van der Waals surface area contributed by atoms with Crippen molar-refractivity contribution in [3.05, 3.63) is 59.9 Å². The summed E-state index contributed by atoms with van der Waals surface area (Å²) in [6.45, 7) is 4.93. The van der Waals surface area contributed by atoms with Gasteiger partial charge < -0.3 is 25.2 Å². The second kappa shape index (κ2) is 12.1. The van der Waals surface area contributed by atoms with E-state index in [0.717, 1.165) is 37.1 Å². The van der Waals surface area contributed by atoms with Crippen LogP contribution >= 0.6 is 11.6 Å². The molecule has 13 heteroatoms. The standard InChI is InChI=1S/C25H27ClF3N7O2/c1-6-22(37)32-18-12-19(21(38-5)13-20(18)36(4)10-9-35(2)3)33-24-31-14-30-23(34-24)16-11-15(25(27,28)29)7-8-17(16)26/h6-8,11-14H,1,9-10H2,2-5H3,(H,32,37)(H,30,31,33,34). The second-order valence-electron chi connectivity index (χ2n) is 8.44. The molecule has 3 aromatic rings. The number of alkyl halides is 3. The molecule has 202 valence electrons. The number of nitrogens with one attached hydrogen (secondary N) is 2. The number of hydrogen-bond donors (Lipinski definition) is 2. The van der Waals surface area contributed by atoms with E-state index in [9.17, 15) is 18.0 Å². The van der Waals surface area contributed by atoms with Crippen LogP contribution in [0.5, 0.6) is 5.75 Å². The van der Waals surface area contributed by atoms with Gasteiger partial charge in [-0.25, -0.2) is 9.97 Å². The summed E-state index contributed by atoms with van der Waals surface area (Å²) in [5.74, 6) is -0.0355.